The standard InChI is InChI=1S/C40H37N3O7/c1-49-36-18-14-28(20-30(36)22-41-23-35(45)32-15-17-34(44)39-33(32)16-19-37(46)42-39)26-12-10-25(11-13-26)24-50-31-9-5-8-29(21-31)38(43-40(47)48)27-6-3-2-4-7-27/h2-21,35,38,41,43-45H,22-24H2,1H3,(H,42,46)(H,47,48). The van der Waals surface area contributed by atoms with Crippen LogP contribution in [0.1, 0.15) is 40.0 Å². The first-order valence-corrected chi connectivity index (χ1v) is 16.1. The molecule has 0 saturated heterocycles. The van der Waals surface area contributed by atoms with Crippen molar-refractivity contribution in [2.45, 2.75) is 25.3 Å². The van der Waals surface area contributed by atoms with Crippen LogP contribution in [-0.2, 0) is 13.2 Å². The highest BCUT2D eigenvalue weighted by Crippen LogP contribution is 2.30. The number of fused-ring (bicyclic) bond motifs is 1. The molecule has 0 aliphatic rings. The third-order valence-electron chi connectivity index (χ3n) is 8.48. The van der Waals surface area contributed by atoms with E-state index >= 15 is 0 Å². The van der Waals surface area contributed by atoms with Gasteiger partial charge in [0.2, 0.25) is 5.56 Å². The maximum Gasteiger partial charge on any atom is 0.405 e. The number of hydrogen-bond acceptors (Lipinski definition) is 7. The van der Waals surface area contributed by atoms with E-state index in [0.29, 0.717) is 35.6 Å². The van der Waals surface area contributed by atoms with Gasteiger partial charge in [-0.15, -0.1) is 0 Å². The maximum absolute atomic E-state index is 11.8. The van der Waals surface area contributed by atoms with Crippen LogP contribution in [0.3, 0.4) is 0 Å². The second-order valence-corrected chi connectivity index (χ2v) is 11.8. The van der Waals surface area contributed by atoms with Crippen LogP contribution in [0, 0.1) is 0 Å². The third kappa shape index (κ3) is 7.95. The Bertz CT molecular complexity index is 2150. The average molecular weight is 672 g/mol. The molecule has 0 spiro atoms. The Morgan fingerprint density at radius 2 is 1.60 bits per heavy atom. The van der Waals surface area contributed by atoms with Crippen LogP contribution in [0.4, 0.5) is 4.79 Å². The number of aromatic amines is 1. The Kier molecular flexibility index (Phi) is 10.4. The van der Waals surface area contributed by atoms with Crippen molar-refractivity contribution < 1.29 is 29.6 Å². The van der Waals surface area contributed by atoms with Gasteiger partial charge in [-0.25, -0.2) is 4.79 Å². The first kappa shape index (κ1) is 33.8. The maximum atomic E-state index is 11.8. The van der Waals surface area contributed by atoms with E-state index in [1.165, 1.54) is 12.1 Å². The highest BCUT2D eigenvalue weighted by atomic mass is 16.5. The van der Waals surface area contributed by atoms with Crippen molar-refractivity contribution in [3.05, 3.63) is 159 Å². The van der Waals surface area contributed by atoms with Crippen molar-refractivity contribution in [1.29, 1.82) is 0 Å². The van der Waals surface area contributed by atoms with Gasteiger partial charge < -0.3 is 40.4 Å². The second kappa shape index (κ2) is 15.4. The number of aromatic hydroxyl groups is 1. The van der Waals surface area contributed by atoms with Crippen LogP contribution in [0.25, 0.3) is 22.0 Å². The van der Waals surface area contributed by atoms with E-state index in [0.717, 1.165) is 33.4 Å². The largest absolute Gasteiger partial charge is 0.506 e. The number of phenolic OH excluding ortho intramolecular Hbond substituents is 1. The smallest absolute Gasteiger partial charge is 0.405 e. The summed E-state index contributed by atoms with van der Waals surface area (Å²) in [5.41, 5.74) is 6.04. The summed E-state index contributed by atoms with van der Waals surface area (Å²) in [5, 5.41) is 37.1. The molecule has 0 radical (unpaired) electrons. The number of nitrogens with one attached hydrogen (secondary N) is 3. The quantitative estimate of drug-likeness (QED) is 0.0797. The zero-order valence-corrected chi connectivity index (χ0v) is 27.3. The number of aliphatic hydroxyl groups is 1. The highest BCUT2D eigenvalue weighted by Gasteiger charge is 2.18. The summed E-state index contributed by atoms with van der Waals surface area (Å²) in [6.45, 7) is 0.991. The number of ether oxygens (including phenoxy) is 2. The van der Waals surface area contributed by atoms with E-state index in [-0.39, 0.29) is 23.4 Å². The number of methoxy groups -OCH3 is 1. The normalized spacial score (nSPS) is 12.3. The minimum atomic E-state index is -1.11. The zero-order valence-electron chi connectivity index (χ0n) is 27.3. The molecule has 254 valence electrons. The summed E-state index contributed by atoms with van der Waals surface area (Å²) in [6, 6.07) is 36.4. The van der Waals surface area contributed by atoms with Gasteiger partial charge in [0.25, 0.3) is 0 Å². The molecule has 10 nitrogen and oxygen atoms in total. The Hall–Kier alpha value is -6.10. The molecule has 0 bridgehead atoms. The Labute approximate surface area is 288 Å². The topological polar surface area (TPSA) is 153 Å². The lowest BCUT2D eigenvalue weighted by molar-refractivity contribution is 0.175. The number of carbonyl (C=O) groups is 1. The summed E-state index contributed by atoms with van der Waals surface area (Å²) in [4.78, 5) is 25.9. The van der Waals surface area contributed by atoms with Crippen molar-refractivity contribution >= 4 is 17.0 Å². The first-order valence-electron chi connectivity index (χ1n) is 16.1. The second-order valence-electron chi connectivity index (χ2n) is 11.8. The van der Waals surface area contributed by atoms with Crippen molar-refractivity contribution in [1.82, 2.24) is 15.6 Å². The fraction of sp³-hybridized carbons (Fsp3) is 0.150. The third-order valence-corrected chi connectivity index (χ3v) is 8.48. The number of hydrogen-bond donors (Lipinski definition) is 6. The van der Waals surface area contributed by atoms with E-state index in [1.807, 2.05) is 97.1 Å². The van der Waals surface area contributed by atoms with Gasteiger partial charge in [0.05, 0.1) is 24.8 Å². The molecule has 0 aliphatic carbocycles. The lowest BCUT2D eigenvalue weighted by atomic mass is 9.98. The number of phenols is 1. The van der Waals surface area contributed by atoms with Gasteiger partial charge in [0.1, 0.15) is 23.9 Å². The van der Waals surface area contributed by atoms with E-state index < -0.39 is 18.2 Å². The molecule has 1 heterocycles. The molecule has 10 heteroatoms. The predicted molar refractivity (Wildman–Crippen MR) is 192 cm³/mol. The fourth-order valence-corrected chi connectivity index (χ4v) is 5.97. The summed E-state index contributed by atoms with van der Waals surface area (Å²) in [5.74, 6) is 1.29. The number of benzene rings is 5. The molecule has 0 saturated carbocycles. The fourth-order valence-electron chi connectivity index (χ4n) is 5.97. The number of aromatic nitrogens is 1. The number of amides is 1. The minimum Gasteiger partial charge on any atom is -0.506 e. The van der Waals surface area contributed by atoms with Crippen LogP contribution in [-0.4, -0.2) is 40.1 Å². The number of pyridine rings is 1. The predicted octanol–water partition coefficient (Wildman–Crippen LogP) is 6.67. The molecule has 0 aliphatic heterocycles. The summed E-state index contributed by atoms with van der Waals surface area (Å²) in [7, 11) is 1.62. The lowest BCUT2D eigenvalue weighted by Crippen LogP contribution is -2.27. The van der Waals surface area contributed by atoms with Crippen LogP contribution in [0.5, 0.6) is 17.2 Å². The summed E-state index contributed by atoms with van der Waals surface area (Å²) < 4.78 is 11.7. The number of H-pyrrole nitrogens is 1. The molecule has 2 unspecified atom stereocenters. The van der Waals surface area contributed by atoms with Crippen molar-refractivity contribution in [2.75, 3.05) is 13.7 Å². The van der Waals surface area contributed by atoms with Gasteiger partial charge in [0, 0.05) is 30.1 Å². The van der Waals surface area contributed by atoms with Gasteiger partial charge in [-0.05, 0) is 69.8 Å². The Morgan fingerprint density at radius 1 is 0.840 bits per heavy atom. The van der Waals surface area contributed by atoms with Gasteiger partial charge in [0.15, 0.2) is 0 Å². The number of rotatable bonds is 13. The van der Waals surface area contributed by atoms with Crippen LogP contribution in [0.15, 0.2) is 126 Å². The molecule has 1 amide bonds. The highest BCUT2D eigenvalue weighted by molar-refractivity contribution is 5.87. The average Bonchev–Trinajstić information content (AvgIpc) is 3.14. The van der Waals surface area contributed by atoms with Crippen molar-refractivity contribution in [3.8, 4) is 28.4 Å². The van der Waals surface area contributed by atoms with E-state index in [1.54, 1.807) is 19.2 Å². The van der Waals surface area contributed by atoms with Crippen LogP contribution in [0.2, 0.25) is 0 Å². The van der Waals surface area contributed by atoms with Gasteiger partial charge >= 0.3 is 6.09 Å². The molecule has 50 heavy (non-hydrogen) atoms. The SMILES string of the molecule is COc1ccc(-c2ccc(COc3cccc(C(NC(=O)O)c4ccccc4)c3)cc2)cc1CNCC(O)c1ccc(O)c2[nH]c(=O)ccc12. The molecular formula is C40H37N3O7. The Morgan fingerprint density at radius 3 is 2.36 bits per heavy atom. The van der Waals surface area contributed by atoms with Gasteiger partial charge in [-0.2, -0.15) is 0 Å². The van der Waals surface area contributed by atoms with Crippen LogP contribution < -0.4 is 25.7 Å². The molecule has 6 aromatic rings. The summed E-state index contributed by atoms with van der Waals surface area (Å²) >= 11 is 0. The number of aliphatic hydroxyl groups excluding tert-OH is 1. The van der Waals surface area contributed by atoms with E-state index in [9.17, 15) is 24.9 Å². The summed E-state index contributed by atoms with van der Waals surface area (Å²) in [6.07, 6.45) is -1.99. The Balaban J connectivity index is 1.10. The van der Waals surface area contributed by atoms with Gasteiger partial charge in [-0.3, -0.25) is 4.79 Å². The molecule has 6 N–H and O–H groups in total. The van der Waals surface area contributed by atoms with E-state index in [4.69, 9.17) is 9.47 Å². The monoisotopic (exact) mass is 671 g/mol. The van der Waals surface area contributed by atoms with Crippen molar-refractivity contribution in [3.63, 3.8) is 0 Å². The van der Waals surface area contributed by atoms with Crippen molar-refractivity contribution in [2.24, 2.45) is 0 Å². The first-order chi connectivity index (χ1) is 24.3. The molecule has 6 rings (SSSR count). The molecule has 1 aromatic heterocycles. The van der Waals surface area contributed by atoms with Gasteiger partial charge in [-0.1, -0.05) is 78.9 Å². The molecule has 0 fully saturated rings. The molecule has 5 aromatic carbocycles. The molecule has 2 atom stereocenters. The van der Waals surface area contributed by atoms with E-state index in [2.05, 4.69) is 15.6 Å². The van der Waals surface area contributed by atoms with Crippen LogP contribution >= 0.6 is 0 Å². The molecular weight excluding hydrogens is 634 g/mol. The minimum absolute atomic E-state index is 0.0570. The number of carboxylic acid groups (broad SMARTS) is 1. The lowest BCUT2D eigenvalue weighted by Gasteiger charge is -2.19. The zero-order chi connectivity index (χ0) is 35.0.